The number of benzene rings is 1. The maximum Gasteiger partial charge on any atom is 0.242 e. The molecule has 142 valence electrons. The van der Waals surface area contributed by atoms with E-state index in [-0.39, 0.29) is 16.5 Å². The van der Waals surface area contributed by atoms with Crippen molar-refractivity contribution in [3.8, 4) is 5.82 Å². The molecule has 3 aromatic rings. The van der Waals surface area contributed by atoms with Gasteiger partial charge in [-0.15, -0.1) is 0 Å². The lowest BCUT2D eigenvalue weighted by molar-refractivity contribution is 0.583. The Morgan fingerprint density at radius 3 is 2.59 bits per heavy atom. The van der Waals surface area contributed by atoms with Crippen molar-refractivity contribution >= 4 is 27.4 Å². The largest absolute Gasteiger partial charge is 0.369 e. The maximum absolute atomic E-state index is 12.3. The summed E-state index contributed by atoms with van der Waals surface area (Å²) in [6.45, 7) is 4.37. The van der Waals surface area contributed by atoms with Crippen molar-refractivity contribution in [2.45, 2.75) is 18.7 Å². The fourth-order valence-corrected chi connectivity index (χ4v) is 4.09. The number of sulfonamides is 1. The van der Waals surface area contributed by atoms with E-state index >= 15 is 0 Å². The highest BCUT2D eigenvalue weighted by atomic mass is 35.5. The summed E-state index contributed by atoms with van der Waals surface area (Å²) >= 11 is 5.95. The lowest BCUT2D eigenvalue weighted by Crippen LogP contribution is -2.29. The Morgan fingerprint density at radius 2 is 1.89 bits per heavy atom. The molecular weight excluding hydrogens is 388 g/mol. The van der Waals surface area contributed by atoms with Crippen LogP contribution in [0.15, 0.2) is 47.6 Å². The maximum atomic E-state index is 12.3. The van der Waals surface area contributed by atoms with Gasteiger partial charge in [0, 0.05) is 24.8 Å². The second-order valence-corrected chi connectivity index (χ2v) is 8.00. The van der Waals surface area contributed by atoms with Gasteiger partial charge < -0.3 is 5.32 Å². The van der Waals surface area contributed by atoms with Crippen LogP contribution in [0.4, 0.5) is 5.82 Å². The molecule has 10 heteroatoms. The smallest absolute Gasteiger partial charge is 0.242 e. The van der Waals surface area contributed by atoms with Crippen LogP contribution in [0.2, 0.25) is 5.02 Å². The molecule has 0 radical (unpaired) electrons. The van der Waals surface area contributed by atoms with Crippen LogP contribution in [0.25, 0.3) is 5.82 Å². The van der Waals surface area contributed by atoms with Gasteiger partial charge in [-0.1, -0.05) is 23.7 Å². The summed E-state index contributed by atoms with van der Waals surface area (Å²) in [4.78, 5) is 8.43. The van der Waals surface area contributed by atoms with Gasteiger partial charge in [-0.05, 0) is 32.0 Å². The fraction of sp³-hybridized carbons (Fsp3) is 0.235. The molecule has 2 heterocycles. The van der Waals surface area contributed by atoms with Crippen molar-refractivity contribution in [2.24, 2.45) is 0 Å². The number of anilines is 1. The first-order chi connectivity index (χ1) is 12.9. The Kier molecular flexibility index (Phi) is 5.73. The van der Waals surface area contributed by atoms with Crippen LogP contribution >= 0.6 is 11.6 Å². The molecule has 0 amide bonds. The minimum absolute atomic E-state index is 0.0560. The number of halogens is 1. The van der Waals surface area contributed by atoms with Crippen LogP contribution in [-0.2, 0) is 10.0 Å². The van der Waals surface area contributed by atoms with Crippen molar-refractivity contribution in [1.82, 2.24) is 24.5 Å². The minimum Gasteiger partial charge on any atom is -0.369 e. The standard InChI is InChI=1S/C17H19ClN6O2S/c1-12-9-13(2)24(23-12)17-10-16(20-11-21-17)19-7-8-22-27(25,26)15-6-4-3-5-14(15)18/h3-6,9-11,22H,7-8H2,1-2H3,(H,19,20,21). The summed E-state index contributed by atoms with van der Waals surface area (Å²) in [7, 11) is -3.67. The molecule has 8 nitrogen and oxygen atoms in total. The Balaban J connectivity index is 1.61. The van der Waals surface area contributed by atoms with E-state index in [1.165, 1.54) is 18.5 Å². The molecule has 0 aliphatic heterocycles. The molecule has 3 rings (SSSR count). The SMILES string of the molecule is Cc1cc(C)n(-c2cc(NCCNS(=O)(=O)c3ccccc3Cl)ncn2)n1. The first-order valence-corrected chi connectivity index (χ1v) is 10.1. The Bertz CT molecular complexity index is 1050. The normalized spacial score (nSPS) is 11.5. The minimum atomic E-state index is -3.67. The molecule has 0 saturated heterocycles. The molecule has 0 saturated carbocycles. The Morgan fingerprint density at radius 1 is 1.11 bits per heavy atom. The molecule has 0 aliphatic rings. The highest BCUT2D eigenvalue weighted by Gasteiger charge is 2.16. The van der Waals surface area contributed by atoms with Gasteiger partial charge in [0.25, 0.3) is 0 Å². The predicted molar refractivity (Wildman–Crippen MR) is 104 cm³/mol. The Labute approximate surface area is 162 Å². The van der Waals surface area contributed by atoms with Crippen LogP contribution in [0, 0.1) is 13.8 Å². The highest BCUT2D eigenvalue weighted by Crippen LogP contribution is 2.19. The second kappa shape index (κ2) is 8.03. The van der Waals surface area contributed by atoms with Crippen LogP contribution in [0.3, 0.4) is 0 Å². The zero-order valence-corrected chi connectivity index (χ0v) is 16.4. The van der Waals surface area contributed by atoms with E-state index in [9.17, 15) is 8.42 Å². The zero-order chi connectivity index (χ0) is 19.4. The number of aryl methyl sites for hydroxylation is 2. The number of hydrogen-bond donors (Lipinski definition) is 2. The highest BCUT2D eigenvalue weighted by molar-refractivity contribution is 7.89. The van der Waals surface area contributed by atoms with Crippen LogP contribution in [-0.4, -0.2) is 41.3 Å². The fourth-order valence-electron chi connectivity index (χ4n) is 2.54. The summed E-state index contributed by atoms with van der Waals surface area (Å²) < 4.78 is 28.8. The molecule has 2 aromatic heterocycles. The quantitative estimate of drug-likeness (QED) is 0.584. The van der Waals surface area contributed by atoms with E-state index < -0.39 is 10.0 Å². The molecule has 0 unspecified atom stereocenters. The molecule has 0 bridgehead atoms. The first-order valence-electron chi connectivity index (χ1n) is 8.20. The van der Waals surface area contributed by atoms with Crippen molar-refractivity contribution < 1.29 is 8.42 Å². The van der Waals surface area contributed by atoms with E-state index in [4.69, 9.17) is 11.6 Å². The molecule has 0 spiro atoms. The average molecular weight is 407 g/mol. The third-order valence-electron chi connectivity index (χ3n) is 3.73. The molecule has 1 aromatic carbocycles. The van der Waals surface area contributed by atoms with Gasteiger partial charge in [-0.3, -0.25) is 0 Å². The average Bonchev–Trinajstić information content (AvgIpc) is 2.97. The summed E-state index contributed by atoms with van der Waals surface area (Å²) in [5, 5.41) is 7.64. The summed E-state index contributed by atoms with van der Waals surface area (Å²) in [5.41, 5.74) is 1.86. The number of rotatable bonds is 7. The molecule has 0 fully saturated rings. The van der Waals surface area contributed by atoms with Gasteiger partial charge in [0.2, 0.25) is 10.0 Å². The van der Waals surface area contributed by atoms with E-state index in [0.717, 1.165) is 11.4 Å². The van der Waals surface area contributed by atoms with Crippen molar-refractivity contribution in [2.75, 3.05) is 18.4 Å². The lowest BCUT2D eigenvalue weighted by atomic mass is 10.4. The summed E-state index contributed by atoms with van der Waals surface area (Å²) in [6.07, 6.45) is 1.43. The number of nitrogens with one attached hydrogen (secondary N) is 2. The van der Waals surface area contributed by atoms with E-state index in [1.807, 2.05) is 19.9 Å². The molecule has 0 aliphatic carbocycles. The van der Waals surface area contributed by atoms with Crippen molar-refractivity contribution in [3.63, 3.8) is 0 Å². The summed E-state index contributed by atoms with van der Waals surface area (Å²) in [6, 6.07) is 10.0. The number of aromatic nitrogens is 4. The number of hydrogen-bond acceptors (Lipinski definition) is 6. The lowest BCUT2D eigenvalue weighted by Gasteiger charge is -2.10. The molecule has 0 atom stereocenters. The molecule has 27 heavy (non-hydrogen) atoms. The van der Waals surface area contributed by atoms with E-state index in [2.05, 4.69) is 25.1 Å². The topological polar surface area (TPSA) is 102 Å². The summed E-state index contributed by atoms with van der Waals surface area (Å²) in [5.74, 6) is 1.21. The van der Waals surface area contributed by atoms with Crippen LogP contribution < -0.4 is 10.0 Å². The van der Waals surface area contributed by atoms with E-state index in [0.29, 0.717) is 18.2 Å². The van der Waals surface area contributed by atoms with Gasteiger partial charge in [-0.25, -0.2) is 27.8 Å². The second-order valence-electron chi connectivity index (χ2n) is 5.86. The van der Waals surface area contributed by atoms with Gasteiger partial charge in [0.15, 0.2) is 5.82 Å². The van der Waals surface area contributed by atoms with E-state index in [1.54, 1.807) is 22.9 Å². The van der Waals surface area contributed by atoms with Crippen LogP contribution in [0.1, 0.15) is 11.4 Å². The Hall–Kier alpha value is -2.49. The first kappa shape index (κ1) is 19.3. The number of nitrogens with zero attached hydrogens (tertiary/aromatic N) is 4. The zero-order valence-electron chi connectivity index (χ0n) is 14.8. The van der Waals surface area contributed by atoms with Gasteiger partial charge in [-0.2, -0.15) is 5.10 Å². The third kappa shape index (κ3) is 4.62. The third-order valence-corrected chi connectivity index (χ3v) is 5.69. The van der Waals surface area contributed by atoms with Gasteiger partial charge in [0.1, 0.15) is 17.0 Å². The monoisotopic (exact) mass is 406 g/mol. The van der Waals surface area contributed by atoms with Gasteiger partial charge >= 0.3 is 0 Å². The molecular formula is C17H19ClN6O2S. The van der Waals surface area contributed by atoms with Crippen molar-refractivity contribution in [3.05, 3.63) is 59.1 Å². The predicted octanol–water partition coefficient (Wildman–Crippen LogP) is 2.32. The van der Waals surface area contributed by atoms with Crippen molar-refractivity contribution in [1.29, 1.82) is 0 Å². The molecule has 2 N–H and O–H groups in total. The van der Waals surface area contributed by atoms with Gasteiger partial charge in [0.05, 0.1) is 10.7 Å². The van der Waals surface area contributed by atoms with Crippen LogP contribution in [0.5, 0.6) is 0 Å².